The normalized spacial score (nSPS) is 16.5. The molecule has 1 aliphatic heterocycles. The van der Waals surface area contributed by atoms with Gasteiger partial charge in [0.2, 0.25) is 5.88 Å². The summed E-state index contributed by atoms with van der Waals surface area (Å²) in [7, 11) is 0. The maximum absolute atomic E-state index is 9.10. The molecule has 1 aromatic carbocycles. The van der Waals surface area contributed by atoms with Crippen LogP contribution >= 0.6 is 0 Å². The second kappa shape index (κ2) is 4.18. The summed E-state index contributed by atoms with van der Waals surface area (Å²) in [6.07, 6.45) is 0. The van der Waals surface area contributed by atoms with E-state index in [1.807, 2.05) is 36.4 Å². The summed E-state index contributed by atoms with van der Waals surface area (Å²) < 4.78 is 5.55. The van der Waals surface area contributed by atoms with Crippen LogP contribution in [0.15, 0.2) is 30.3 Å². The van der Waals surface area contributed by atoms with Crippen molar-refractivity contribution in [3.8, 4) is 11.9 Å². The van der Waals surface area contributed by atoms with E-state index in [9.17, 15) is 0 Å². The van der Waals surface area contributed by atoms with Crippen LogP contribution in [-0.4, -0.2) is 11.6 Å². The third kappa shape index (κ3) is 1.66. The number of hydrogen-bond donors (Lipinski definition) is 2. The molecule has 0 saturated carbocycles. The molecule has 1 atom stereocenters. The van der Waals surface area contributed by atoms with E-state index < -0.39 is 0 Å². The molecule has 1 aliphatic rings. The Bertz CT molecular complexity index is 676. The summed E-state index contributed by atoms with van der Waals surface area (Å²) in [6.45, 7) is 0.463. The fourth-order valence-electron chi connectivity index (χ4n) is 2.37. The van der Waals surface area contributed by atoms with Gasteiger partial charge in [0.25, 0.3) is 0 Å². The van der Waals surface area contributed by atoms with Crippen LogP contribution in [0.4, 0.5) is 11.5 Å². The van der Waals surface area contributed by atoms with Crippen LogP contribution in [0.2, 0.25) is 0 Å². The molecule has 2 heterocycles. The van der Waals surface area contributed by atoms with Crippen molar-refractivity contribution < 1.29 is 4.74 Å². The zero-order chi connectivity index (χ0) is 13.4. The molecule has 0 saturated heterocycles. The molecule has 1 aromatic heterocycles. The summed E-state index contributed by atoms with van der Waals surface area (Å²) in [6, 6.07) is 11.9. The number of ether oxygens (including phenoxy) is 1. The van der Waals surface area contributed by atoms with Crippen molar-refractivity contribution in [2.75, 3.05) is 18.1 Å². The minimum atomic E-state index is -0.00333. The smallest absolute Gasteiger partial charge is 0.221 e. The number of aromatic nitrogens is 1. The van der Waals surface area contributed by atoms with Gasteiger partial charge in [0.15, 0.2) is 0 Å². The molecule has 94 valence electrons. The standard InChI is InChI=1S/C14H12N4O/c15-6-9-12(16)11-10(8-4-2-1-3-5-8)7-19-14(11)18-13(9)17/h1-5,10H,7H2,(H4,16,17,18)/t10-/m1/s1. The lowest BCUT2D eigenvalue weighted by molar-refractivity contribution is 0.332. The number of nitriles is 1. The predicted octanol–water partition coefficient (Wildman–Crippen LogP) is 1.64. The Morgan fingerprint density at radius 1 is 1.26 bits per heavy atom. The van der Waals surface area contributed by atoms with E-state index in [-0.39, 0.29) is 17.3 Å². The van der Waals surface area contributed by atoms with Crippen molar-refractivity contribution in [3.05, 3.63) is 47.0 Å². The Balaban J connectivity index is 2.18. The molecule has 0 amide bonds. The summed E-state index contributed by atoms with van der Waals surface area (Å²) >= 11 is 0. The van der Waals surface area contributed by atoms with Crippen LogP contribution in [0.3, 0.4) is 0 Å². The fourth-order valence-corrected chi connectivity index (χ4v) is 2.37. The molecule has 19 heavy (non-hydrogen) atoms. The van der Waals surface area contributed by atoms with Crippen molar-refractivity contribution >= 4 is 11.5 Å². The number of nitrogen functional groups attached to an aromatic ring is 2. The topological polar surface area (TPSA) is 98.0 Å². The summed E-state index contributed by atoms with van der Waals surface area (Å²) in [5.41, 5.74) is 14.2. The maximum Gasteiger partial charge on any atom is 0.221 e. The molecule has 3 rings (SSSR count). The number of nitrogens with two attached hydrogens (primary N) is 2. The molecule has 0 fully saturated rings. The van der Waals surface area contributed by atoms with Crippen molar-refractivity contribution in [1.82, 2.24) is 4.98 Å². The number of rotatable bonds is 1. The fraction of sp³-hybridized carbons (Fsp3) is 0.143. The van der Waals surface area contributed by atoms with Crippen LogP contribution in [-0.2, 0) is 0 Å². The number of pyridine rings is 1. The van der Waals surface area contributed by atoms with Gasteiger partial charge in [-0.15, -0.1) is 0 Å². The van der Waals surface area contributed by atoms with Crippen molar-refractivity contribution in [2.24, 2.45) is 0 Å². The number of benzene rings is 1. The summed E-state index contributed by atoms with van der Waals surface area (Å²) in [4.78, 5) is 4.11. The second-order valence-corrected chi connectivity index (χ2v) is 4.39. The first-order chi connectivity index (χ1) is 9.22. The van der Waals surface area contributed by atoms with E-state index in [1.165, 1.54) is 0 Å². The van der Waals surface area contributed by atoms with Crippen LogP contribution in [0.25, 0.3) is 0 Å². The van der Waals surface area contributed by atoms with E-state index >= 15 is 0 Å². The highest BCUT2D eigenvalue weighted by molar-refractivity contribution is 5.72. The minimum absolute atomic E-state index is 0.00333. The highest BCUT2D eigenvalue weighted by atomic mass is 16.5. The monoisotopic (exact) mass is 252 g/mol. The van der Waals surface area contributed by atoms with E-state index in [0.717, 1.165) is 11.1 Å². The number of hydrogen-bond acceptors (Lipinski definition) is 5. The lowest BCUT2D eigenvalue weighted by atomic mass is 9.92. The van der Waals surface area contributed by atoms with E-state index in [2.05, 4.69) is 4.98 Å². The molecule has 5 heteroatoms. The van der Waals surface area contributed by atoms with Gasteiger partial charge in [-0.1, -0.05) is 30.3 Å². The highest BCUT2D eigenvalue weighted by Crippen LogP contribution is 2.42. The average Bonchev–Trinajstić information content (AvgIpc) is 2.84. The summed E-state index contributed by atoms with van der Waals surface area (Å²) in [5.74, 6) is 0.548. The Kier molecular flexibility index (Phi) is 2.50. The van der Waals surface area contributed by atoms with Crippen LogP contribution < -0.4 is 16.2 Å². The first-order valence-corrected chi connectivity index (χ1v) is 5.89. The van der Waals surface area contributed by atoms with Gasteiger partial charge in [0, 0.05) is 5.56 Å². The highest BCUT2D eigenvalue weighted by Gasteiger charge is 2.31. The second-order valence-electron chi connectivity index (χ2n) is 4.39. The predicted molar refractivity (Wildman–Crippen MR) is 71.6 cm³/mol. The largest absolute Gasteiger partial charge is 0.476 e. The molecular weight excluding hydrogens is 240 g/mol. The number of fused-ring (bicyclic) bond motifs is 1. The molecule has 0 spiro atoms. The van der Waals surface area contributed by atoms with Crippen molar-refractivity contribution in [2.45, 2.75) is 5.92 Å². The molecule has 0 unspecified atom stereocenters. The molecule has 2 aromatic rings. The van der Waals surface area contributed by atoms with Crippen LogP contribution in [0.5, 0.6) is 5.88 Å². The number of nitrogens with zero attached hydrogens (tertiary/aromatic N) is 2. The van der Waals surface area contributed by atoms with E-state index in [4.69, 9.17) is 21.5 Å². The molecule has 5 nitrogen and oxygen atoms in total. The van der Waals surface area contributed by atoms with Gasteiger partial charge in [-0.3, -0.25) is 0 Å². The van der Waals surface area contributed by atoms with Gasteiger partial charge >= 0.3 is 0 Å². The SMILES string of the molecule is N#Cc1c(N)nc2c(c1N)[C@@H](c1ccccc1)CO2. The lowest BCUT2D eigenvalue weighted by Crippen LogP contribution is -2.07. The molecule has 0 aliphatic carbocycles. The summed E-state index contributed by atoms with van der Waals surface area (Å²) in [5, 5.41) is 9.10. The minimum Gasteiger partial charge on any atom is -0.476 e. The average molecular weight is 252 g/mol. The molecule has 0 bridgehead atoms. The zero-order valence-corrected chi connectivity index (χ0v) is 10.1. The van der Waals surface area contributed by atoms with Crippen LogP contribution in [0.1, 0.15) is 22.6 Å². The van der Waals surface area contributed by atoms with Crippen LogP contribution in [0, 0.1) is 11.3 Å². The Hall–Kier alpha value is -2.74. The van der Waals surface area contributed by atoms with Crippen molar-refractivity contribution in [3.63, 3.8) is 0 Å². The Morgan fingerprint density at radius 3 is 2.68 bits per heavy atom. The zero-order valence-electron chi connectivity index (χ0n) is 10.1. The quantitative estimate of drug-likeness (QED) is 0.804. The van der Waals surface area contributed by atoms with E-state index in [1.54, 1.807) is 0 Å². The Morgan fingerprint density at radius 2 is 2.00 bits per heavy atom. The molecule has 0 radical (unpaired) electrons. The third-order valence-electron chi connectivity index (χ3n) is 3.32. The van der Waals surface area contributed by atoms with Gasteiger partial charge in [0.05, 0.1) is 11.6 Å². The first-order valence-electron chi connectivity index (χ1n) is 5.89. The first kappa shape index (κ1) is 11.4. The van der Waals surface area contributed by atoms with Gasteiger partial charge < -0.3 is 16.2 Å². The molecule has 4 N–H and O–H groups in total. The van der Waals surface area contributed by atoms with Gasteiger partial charge in [0.1, 0.15) is 24.1 Å². The van der Waals surface area contributed by atoms with Crippen molar-refractivity contribution in [1.29, 1.82) is 5.26 Å². The number of anilines is 2. The van der Waals surface area contributed by atoms with E-state index in [0.29, 0.717) is 18.2 Å². The third-order valence-corrected chi connectivity index (χ3v) is 3.32. The Labute approximate surface area is 110 Å². The van der Waals surface area contributed by atoms with Gasteiger partial charge in [-0.25, -0.2) is 0 Å². The molecular formula is C14H12N4O. The van der Waals surface area contributed by atoms with Gasteiger partial charge in [-0.05, 0) is 5.56 Å². The van der Waals surface area contributed by atoms with Gasteiger partial charge in [-0.2, -0.15) is 10.2 Å². The maximum atomic E-state index is 9.10. The lowest BCUT2D eigenvalue weighted by Gasteiger charge is -2.12.